The quantitative estimate of drug-likeness (QED) is 0.933. The number of nitrogens with one attached hydrogen (secondary N) is 1. The predicted molar refractivity (Wildman–Crippen MR) is 83.5 cm³/mol. The van der Waals surface area contributed by atoms with E-state index in [1.54, 1.807) is 6.92 Å². The maximum Gasteiger partial charge on any atom is 0.223 e. The summed E-state index contributed by atoms with van der Waals surface area (Å²) in [6.45, 7) is 7.88. The number of carbonyl (C=O) groups is 1. The van der Waals surface area contributed by atoms with Crippen molar-refractivity contribution in [2.75, 3.05) is 13.1 Å². The average Bonchev–Trinajstić information content (AvgIpc) is 3.12. The molecule has 6 nitrogen and oxygen atoms in total. The molecule has 1 amide bonds. The third-order valence-electron chi connectivity index (χ3n) is 3.89. The zero-order valence-electron chi connectivity index (χ0n) is 13.0. The number of amides is 1. The highest BCUT2D eigenvalue weighted by atomic mass is 32.1. The molecule has 0 aromatic carbocycles. The highest BCUT2D eigenvalue weighted by Crippen LogP contribution is 2.32. The topological polar surface area (TPSA) is 71.3 Å². The van der Waals surface area contributed by atoms with Gasteiger partial charge in [0.25, 0.3) is 0 Å². The standard InChI is InChI=1S/C15H20N4O2S/c1-10-4-5-13(22-10)8-19-7-6-15(9-19,17-11(2)20)14-16-12(3)21-18-14/h4-5H,6-9H2,1-3H3,(H,17,20)/t15-/m1/s1. The molecule has 7 heteroatoms. The monoisotopic (exact) mass is 320 g/mol. The van der Waals surface area contributed by atoms with Crippen molar-refractivity contribution in [2.24, 2.45) is 0 Å². The van der Waals surface area contributed by atoms with Gasteiger partial charge >= 0.3 is 0 Å². The predicted octanol–water partition coefficient (Wildman–Crippen LogP) is 1.99. The minimum atomic E-state index is -0.546. The molecule has 0 aliphatic carbocycles. The minimum absolute atomic E-state index is 0.0729. The molecule has 0 saturated carbocycles. The Morgan fingerprint density at radius 2 is 2.32 bits per heavy atom. The molecule has 118 valence electrons. The fourth-order valence-corrected chi connectivity index (χ4v) is 3.92. The van der Waals surface area contributed by atoms with Crippen molar-refractivity contribution in [3.8, 4) is 0 Å². The minimum Gasteiger partial charge on any atom is -0.342 e. The Morgan fingerprint density at radius 3 is 2.91 bits per heavy atom. The number of carbonyl (C=O) groups excluding carboxylic acids is 1. The number of rotatable bonds is 4. The zero-order chi connectivity index (χ0) is 15.7. The van der Waals surface area contributed by atoms with Crippen LogP contribution in [0.5, 0.6) is 0 Å². The largest absolute Gasteiger partial charge is 0.342 e. The molecule has 0 spiro atoms. The Morgan fingerprint density at radius 1 is 1.50 bits per heavy atom. The molecule has 2 aromatic heterocycles. The van der Waals surface area contributed by atoms with E-state index in [1.807, 2.05) is 11.3 Å². The molecule has 1 N–H and O–H groups in total. The lowest BCUT2D eigenvalue weighted by Crippen LogP contribution is -2.47. The summed E-state index contributed by atoms with van der Waals surface area (Å²) in [4.78, 5) is 21.0. The van der Waals surface area contributed by atoms with Gasteiger partial charge in [-0.25, -0.2) is 0 Å². The molecular weight excluding hydrogens is 300 g/mol. The molecule has 2 aromatic rings. The third kappa shape index (κ3) is 3.05. The summed E-state index contributed by atoms with van der Waals surface area (Å²) in [5.74, 6) is 1.02. The van der Waals surface area contributed by atoms with Gasteiger partial charge in [-0.2, -0.15) is 4.98 Å². The Balaban J connectivity index is 1.79. The fraction of sp³-hybridized carbons (Fsp3) is 0.533. The van der Waals surface area contributed by atoms with Gasteiger partial charge in [0, 0.05) is 43.2 Å². The highest BCUT2D eigenvalue weighted by molar-refractivity contribution is 7.11. The van der Waals surface area contributed by atoms with Crippen LogP contribution in [-0.4, -0.2) is 34.0 Å². The number of thiophene rings is 1. The second kappa shape index (κ2) is 5.81. The van der Waals surface area contributed by atoms with Gasteiger partial charge in [-0.1, -0.05) is 5.16 Å². The van der Waals surface area contributed by atoms with Crippen LogP contribution in [0.2, 0.25) is 0 Å². The molecule has 0 unspecified atom stereocenters. The van der Waals surface area contributed by atoms with Gasteiger partial charge in [-0.3, -0.25) is 9.69 Å². The first kappa shape index (κ1) is 15.2. The SMILES string of the molecule is CC(=O)N[C@]1(c2noc(C)n2)CCN(Cc2ccc(C)s2)C1. The van der Waals surface area contributed by atoms with Crippen molar-refractivity contribution in [3.63, 3.8) is 0 Å². The Hall–Kier alpha value is -1.73. The van der Waals surface area contributed by atoms with Crippen LogP contribution >= 0.6 is 11.3 Å². The highest BCUT2D eigenvalue weighted by Gasteiger charge is 2.44. The summed E-state index contributed by atoms with van der Waals surface area (Å²) in [7, 11) is 0. The van der Waals surface area contributed by atoms with Crippen LogP contribution in [-0.2, 0) is 16.9 Å². The molecule has 0 radical (unpaired) electrons. The van der Waals surface area contributed by atoms with Gasteiger partial charge in [-0.15, -0.1) is 11.3 Å². The number of likely N-dealkylation sites (tertiary alicyclic amines) is 1. The van der Waals surface area contributed by atoms with E-state index in [4.69, 9.17) is 4.52 Å². The second-order valence-electron chi connectivity index (χ2n) is 5.87. The summed E-state index contributed by atoms with van der Waals surface area (Å²) in [5.41, 5.74) is -0.546. The van der Waals surface area contributed by atoms with Crippen molar-refractivity contribution in [1.82, 2.24) is 20.4 Å². The maximum absolute atomic E-state index is 11.6. The van der Waals surface area contributed by atoms with Gasteiger partial charge in [0.15, 0.2) is 5.82 Å². The molecule has 1 aliphatic rings. The van der Waals surface area contributed by atoms with Crippen LogP contribution in [0, 0.1) is 13.8 Å². The number of aromatic nitrogens is 2. The van der Waals surface area contributed by atoms with E-state index in [1.165, 1.54) is 16.7 Å². The molecule has 1 aliphatic heterocycles. The number of aryl methyl sites for hydroxylation is 2. The summed E-state index contributed by atoms with van der Waals surface area (Å²) in [6, 6.07) is 4.30. The molecule has 1 fully saturated rings. The van der Waals surface area contributed by atoms with Crippen LogP contribution < -0.4 is 5.32 Å². The first-order chi connectivity index (χ1) is 10.5. The first-order valence-corrected chi connectivity index (χ1v) is 8.16. The summed E-state index contributed by atoms with van der Waals surface area (Å²) in [6.07, 6.45) is 0.788. The Bertz CT molecular complexity index is 681. The normalized spacial score (nSPS) is 22.1. The second-order valence-corrected chi connectivity index (χ2v) is 7.25. The lowest BCUT2D eigenvalue weighted by molar-refractivity contribution is -0.121. The summed E-state index contributed by atoms with van der Waals surface area (Å²) < 4.78 is 5.11. The lowest BCUT2D eigenvalue weighted by Gasteiger charge is -2.26. The first-order valence-electron chi connectivity index (χ1n) is 7.34. The number of hydrogen-bond donors (Lipinski definition) is 1. The van der Waals surface area contributed by atoms with E-state index < -0.39 is 5.54 Å². The molecule has 0 bridgehead atoms. The Labute approximate surface area is 133 Å². The molecule has 3 rings (SSSR count). The van der Waals surface area contributed by atoms with Gasteiger partial charge in [-0.05, 0) is 25.5 Å². The molecule has 1 saturated heterocycles. The van der Waals surface area contributed by atoms with Gasteiger partial charge in [0.1, 0.15) is 5.54 Å². The van der Waals surface area contributed by atoms with Crippen LogP contribution in [0.4, 0.5) is 0 Å². The van der Waals surface area contributed by atoms with Gasteiger partial charge in [0.05, 0.1) is 0 Å². The molecular formula is C15H20N4O2S. The number of nitrogens with zero attached hydrogens (tertiary/aromatic N) is 3. The van der Waals surface area contributed by atoms with E-state index in [-0.39, 0.29) is 5.91 Å². The van der Waals surface area contributed by atoms with Crippen molar-refractivity contribution < 1.29 is 9.32 Å². The maximum atomic E-state index is 11.6. The van der Waals surface area contributed by atoms with E-state index in [0.29, 0.717) is 18.3 Å². The fourth-order valence-electron chi connectivity index (χ4n) is 2.99. The zero-order valence-corrected chi connectivity index (χ0v) is 13.9. The van der Waals surface area contributed by atoms with E-state index in [9.17, 15) is 4.79 Å². The van der Waals surface area contributed by atoms with Crippen molar-refractivity contribution >= 4 is 17.2 Å². The smallest absolute Gasteiger partial charge is 0.223 e. The van der Waals surface area contributed by atoms with Gasteiger partial charge < -0.3 is 9.84 Å². The molecule has 22 heavy (non-hydrogen) atoms. The Kier molecular flexibility index (Phi) is 4.01. The average molecular weight is 320 g/mol. The van der Waals surface area contributed by atoms with Crippen LogP contribution in [0.1, 0.15) is 34.8 Å². The molecule has 3 heterocycles. The van der Waals surface area contributed by atoms with Crippen molar-refractivity contribution in [2.45, 2.75) is 39.3 Å². The van der Waals surface area contributed by atoms with Gasteiger partial charge in [0.2, 0.25) is 11.8 Å². The van der Waals surface area contributed by atoms with Crippen molar-refractivity contribution in [1.29, 1.82) is 0 Å². The number of hydrogen-bond acceptors (Lipinski definition) is 6. The van der Waals surface area contributed by atoms with Crippen LogP contribution in [0.25, 0.3) is 0 Å². The van der Waals surface area contributed by atoms with Crippen LogP contribution in [0.15, 0.2) is 16.7 Å². The molecule has 1 atom stereocenters. The van der Waals surface area contributed by atoms with Crippen LogP contribution in [0.3, 0.4) is 0 Å². The lowest BCUT2D eigenvalue weighted by atomic mass is 9.97. The van der Waals surface area contributed by atoms with E-state index in [2.05, 4.69) is 39.4 Å². The van der Waals surface area contributed by atoms with E-state index in [0.717, 1.165) is 19.5 Å². The summed E-state index contributed by atoms with van der Waals surface area (Å²) >= 11 is 1.81. The summed E-state index contributed by atoms with van der Waals surface area (Å²) in [5, 5.41) is 7.09. The third-order valence-corrected chi connectivity index (χ3v) is 4.88. The van der Waals surface area contributed by atoms with E-state index >= 15 is 0 Å². The van der Waals surface area contributed by atoms with Crippen molar-refractivity contribution in [3.05, 3.63) is 33.6 Å².